The molecule has 3 fully saturated rings. The van der Waals surface area contributed by atoms with E-state index >= 15 is 0 Å². The average molecular weight is 418 g/mol. The van der Waals surface area contributed by atoms with Crippen LogP contribution < -0.4 is 5.32 Å². The van der Waals surface area contributed by atoms with Gasteiger partial charge in [0.05, 0.1) is 28.1 Å². The first-order valence-electron chi connectivity index (χ1n) is 8.69. The Bertz CT molecular complexity index is 856. The highest BCUT2D eigenvalue weighted by Crippen LogP contribution is 2.57. The highest BCUT2D eigenvalue weighted by molar-refractivity contribution is 6.33. The van der Waals surface area contributed by atoms with Crippen LogP contribution >= 0.6 is 11.6 Å². The maximum atomic E-state index is 12.8. The molecule has 1 aromatic carbocycles. The standard InChI is InChI=1S/C18H15ClF3NO5/c19-10-2-1-8(18(20,21)22)5-11(10)23-13(24)6-27-16(25)14-7-3-9-12(4-7)28-17(26)15(9)14/h1-2,5,7,9,12,14-15H,3-4,6H2,(H,23,24)/t7-,9+,12+,14-,15+/m1/s1. The summed E-state index contributed by atoms with van der Waals surface area (Å²) in [5.74, 6) is -3.06. The summed E-state index contributed by atoms with van der Waals surface area (Å²) >= 11 is 5.82. The lowest BCUT2D eigenvalue weighted by Crippen LogP contribution is -2.35. The van der Waals surface area contributed by atoms with Gasteiger partial charge in [-0.1, -0.05) is 11.6 Å². The van der Waals surface area contributed by atoms with Gasteiger partial charge in [0.15, 0.2) is 6.61 Å². The number of alkyl halides is 3. The van der Waals surface area contributed by atoms with Gasteiger partial charge in [0.1, 0.15) is 6.10 Å². The molecule has 150 valence electrons. The third-order valence-electron chi connectivity index (χ3n) is 5.67. The van der Waals surface area contributed by atoms with Crippen molar-refractivity contribution in [1.82, 2.24) is 0 Å². The quantitative estimate of drug-likeness (QED) is 0.761. The Labute approximate surface area is 162 Å². The number of carbonyl (C=O) groups is 3. The molecule has 2 bridgehead atoms. The smallest absolute Gasteiger partial charge is 0.416 e. The van der Waals surface area contributed by atoms with Crippen molar-refractivity contribution in [1.29, 1.82) is 0 Å². The summed E-state index contributed by atoms with van der Waals surface area (Å²) in [6.45, 7) is -0.690. The van der Waals surface area contributed by atoms with Crippen LogP contribution in [0.3, 0.4) is 0 Å². The Morgan fingerprint density at radius 2 is 2.04 bits per heavy atom. The van der Waals surface area contributed by atoms with E-state index in [-0.39, 0.29) is 28.6 Å². The summed E-state index contributed by atoms with van der Waals surface area (Å²) in [5, 5.41) is 2.12. The van der Waals surface area contributed by atoms with Crippen LogP contribution in [0.25, 0.3) is 0 Å². The molecule has 1 aliphatic heterocycles. The van der Waals surface area contributed by atoms with Gasteiger partial charge in [-0.2, -0.15) is 13.2 Å². The molecule has 4 rings (SSSR count). The minimum Gasteiger partial charge on any atom is -0.462 e. The first-order chi connectivity index (χ1) is 13.1. The van der Waals surface area contributed by atoms with Gasteiger partial charge < -0.3 is 14.8 Å². The van der Waals surface area contributed by atoms with E-state index in [0.717, 1.165) is 12.1 Å². The molecular formula is C18H15ClF3NO5. The number of esters is 2. The SMILES string of the molecule is O=C(COC(=O)[C@@H]1[C@@H]2C[C@@H]3[C@@H]1C(=O)O[C@H]3C2)Nc1cc(C(F)(F)F)ccc1Cl. The molecule has 28 heavy (non-hydrogen) atoms. The van der Waals surface area contributed by atoms with Gasteiger partial charge in [-0.15, -0.1) is 0 Å². The molecule has 2 saturated carbocycles. The fourth-order valence-corrected chi connectivity index (χ4v) is 4.71. The third kappa shape index (κ3) is 3.21. The first kappa shape index (κ1) is 19.0. The number of carbonyl (C=O) groups excluding carboxylic acids is 3. The average Bonchev–Trinajstić information content (AvgIpc) is 3.22. The number of rotatable bonds is 4. The van der Waals surface area contributed by atoms with E-state index in [1.54, 1.807) is 0 Å². The zero-order valence-electron chi connectivity index (χ0n) is 14.3. The summed E-state index contributed by atoms with van der Waals surface area (Å²) in [6, 6.07) is 2.51. The van der Waals surface area contributed by atoms with E-state index in [1.165, 1.54) is 0 Å². The summed E-state index contributed by atoms with van der Waals surface area (Å²) in [7, 11) is 0. The lowest BCUT2D eigenvalue weighted by molar-refractivity contribution is -0.157. The molecule has 10 heteroatoms. The van der Waals surface area contributed by atoms with Crippen molar-refractivity contribution in [3.8, 4) is 0 Å². The van der Waals surface area contributed by atoms with Gasteiger partial charge in [0.25, 0.3) is 5.91 Å². The number of fused-ring (bicyclic) bond motifs is 1. The lowest BCUT2D eigenvalue weighted by atomic mass is 9.80. The van der Waals surface area contributed by atoms with Crippen molar-refractivity contribution in [2.75, 3.05) is 11.9 Å². The largest absolute Gasteiger partial charge is 0.462 e. The predicted molar refractivity (Wildman–Crippen MR) is 89.1 cm³/mol. The monoisotopic (exact) mass is 417 g/mol. The highest BCUT2D eigenvalue weighted by Gasteiger charge is 2.64. The Kier molecular flexibility index (Phi) is 4.52. The van der Waals surface area contributed by atoms with E-state index in [4.69, 9.17) is 21.1 Å². The maximum absolute atomic E-state index is 12.8. The van der Waals surface area contributed by atoms with Crippen LogP contribution in [0, 0.1) is 23.7 Å². The maximum Gasteiger partial charge on any atom is 0.416 e. The first-order valence-corrected chi connectivity index (χ1v) is 9.06. The fraction of sp³-hybridized carbons (Fsp3) is 0.500. The number of nitrogens with one attached hydrogen (secondary N) is 1. The van der Waals surface area contributed by atoms with Gasteiger partial charge in [-0.3, -0.25) is 14.4 Å². The molecule has 0 unspecified atom stereocenters. The van der Waals surface area contributed by atoms with E-state index < -0.39 is 48.0 Å². The van der Waals surface area contributed by atoms with Crippen LogP contribution in [0.5, 0.6) is 0 Å². The number of benzene rings is 1. The molecule has 0 radical (unpaired) electrons. The molecule has 3 aliphatic rings. The summed E-state index contributed by atoms with van der Waals surface area (Å²) in [5.41, 5.74) is -1.21. The Hall–Kier alpha value is -2.29. The summed E-state index contributed by atoms with van der Waals surface area (Å²) in [4.78, 5) is 36.3. The van der Waals surface area contributed by atoms with E-state index in [0.29, 0.717) is 18.9 Å². The molecule has 1 heterocycles. The summed E-state index contributed by atoms with van der Waals surface area (Å²) in [6.07, 6.45) is -3.39. The molecule has 1 saturated heterocycles. The second-order valence-corrected chi connectivity index (χ2v) is 7.68. The minimum atomic E-state index is -4.59. The van der Waals surface area contributed by atoms with Gasteiger partial charge in [-0.05, 0) is 37.0 Å². The molecule has 5 atom stereocenters. The van der Waals surface area contributed by atoms with Gasteiger partial charge in [0, 0.05) is 5.92 Å². The Balaban J connectivity index is 1.37. The van der Waals surface area contributed by atoms with Gasteiger partial charge in [0.2, 0.25) is 0 Å². The molecule has 6 nitrogen and oxygen atoms in total. The van der Waals surface area contributed by atoms with Crippen LogP contribution in [-0.2, 0) is 30.0 Å². The lowest BCUT2D eigenvalue weighted by Gasteiger charge is -2.22. The van der Waals surface area contributed by atoms with Crippen molar-refractivity contribution in [3.63, 3.8) is 0 Å². The third-order valence-corrected chi connectivity index (χ3v) is 6.00. The fourth-order valence-electron chi connectivity index (χ4n) is 4.54. The van der Waals surface area contributed by atoms with Crippen molar-refractivity contribution in [2.24, 2.45) is 23.7 Å². The van der Waals surface area contributed by atoms with Gasteiger partial charge in [-0.25, -0.2) is 0 Å². The molecule has 2 aliphatic carbocycles. The number of hydrogen-bond acceptors (Lipinski definition) is 5. The molecule has 0 spiro atoms. The molecule has 1 aromatic rings. The molecule has 1 N–H and O–H groups in total. The van der Waals surface area contributed by atoms with Crippen LogP contribution in [0.4, 0.5) is 18.9 Å². The number of halogens is 4. The van der Waals surface area contributed by atoms with Crippen LogP contribution in [-0.4, -0.2) is 30.6 Å². The van der Waals surface area contributed by atoms with Crippen molar-refractivity contribution in [3.05, 3.63) is 28.8 Å². The second kappa shape index (κ2) is 6.65. The van der Waals surface area contributed by atoms with E-state index in [9.17, 15) is 27.6 Å². The normalized spacial score (nSPS) is 30.3. The van der Waals surface area contributed by atoms with E-state index in [2.05, 4.69) is 5.32 Å². The van der Waals surface area contributed by atoms with Crippen molar-refractivity contribution >= 4 is 35.1 Å². The summed E-state index contributed by atoms with van der Waals surface area (Å²) < 4.78 is 48.6. The van der Waals surface area contributed by atoms with Crippen LogP contribution in [0.15, 0.2) is 18.2 Å². The Morgan fingerprint density at radius 3 is 2.75 bits per heavy atom. The predicted octanol–water partition coefficient (Wildman–Crippen LogP) is 3.04. The molecule has 0 aromatic heterocycles. The highest BCUT2D eigenvalue weighted by atomic mass is 35.5. The Morgan fingerprint density at radius 1 is 1.29 bits per heavy atom. The minimum absolute atomic E-state index is 0.0140. The zero-order valence-corrected chi connectivity index (χ0v) is 15.0. The number of anilines is 1. The zero-order chi connectivity index (χ0) is 20.2. The van der Waals surface area contributed by atoms with Crippen molar-refractivity contribution in [2.45, 2.75) is 25.1 Å². The second-order valence-electron chi connectivity index (χ2n) is 7.27. The molecule has 1 amide bonds. The van der Waals surface area contributed by atoms with Gasteiger partial charge >= 0.3 is 18.1 Å². The molecular weight excluding hydrogens is 403 g/mol. The van der Waals surface area contributed by atoms with Crippen LogP contribution in [0.2, 0.25) is 5.02 Å². The van der Waals surface area contributed by atoms with Crippen LogP contribution in [0.1, 0.15) is 18.4 Å². The number of hydrogen-bond donors (Lipinski definition) is 1. The number of amides is 1. The number of ether oxygens (including phenoxy) is 2. The van der Waals surface area contributed by atoms with E-state index in [1.807, 2.05) is 0 Å². The van der Waals surface area contributed by atoms with Crippen molar-refractivity contribution < 1.29 is 37.0 Å². The topological polar surface area (TPSA) is 81.7 Å².